The quantitative estimate of drug-likeness (QED) is 0.844. The van der Waals surface area contributed by atoms with Crippen LogP contribution in [0, 0.1) is 5.92 Å². The van der Waals surface area contributed by atoms with Crippen LogP contribution in [0.5, 0.6) is 0 Å². The Labute approximate surface area is 151 Å². The van der Waals surface area contributed by atoms with Gasteiger partial charge in [0.1, 0.15) is 0 Å². The maximum Gasteiger partial charge on any atom is 0.225 e. The summed E-state index contributed by atoms with van der Waals surface area (Å²) in [4.78, 5) is 23.5. The number of amides is 1. The number of pyridine rings is 1. The minimum Gasteiger partial charge on any atom is -0.325 e. The SMILES string of the molecule is CN1CCC(CN2CCN(CCC(=O)Nc3cccnc3)CC2)CC1. The summed E-state index contributed by atoms with van der Waals surface area (Å²) >= 11 is 0. The van der Waals surface area contributed by atoms with E-state index in [-0.39, 0.29) is 5.91 Å². The molecular formula is C19H31N5O. The molecule has 1 aromatic rings. The van der Waals surface area contributed by atoms with Crippen molar-refractivity contribution >= 4 is 11.6 Å². The normalized spacial score (nSPS) is 21.3. The van der Waals surface area contributed by atoms with E-state index in [1.54, 1.807) is 12.4 Å². The van der Waals surface area contributed by atoms with Gasteiger partial charge in [0, 0.05) is 51.9 Å². The van der Waals surface area contributed by atoms with E-state index in [1.165, 1.54) is 32.5 Å². The second kappa shape index (κ2) is 9.27. The smallest absolute Gasteiger partial charge is 0.225 e. The minimum atomic E-state index is 0.0711. The lowest BCUT2D eigenvalue weighted by molar-refractivity contribution is -0.116. The molecule has 0 aliphatic carbocycles. The molecule has 138 valence electrons. The van der Waals surface area contributed by atoms with Crippen molar-refractivity contribution in [1.29, 1.82) is 0 Å². The molecule has 6 heteroatoms. The number of piperazine rings is 1. The largest absolute Gasteiger partial charge is 0.325 e. The predicted molar refractivity (Wildman–Crippen MR) is 101 cm³/mol. The molecule has 0 bridgehead atoms. The fourth-order valence-electron chi connectivity index (χ4n) is 3.73. The van der Waals surface area contributed by atoms with E-state index >= 15 is 0 Å². The number of hydrogen-bond acceptors (Lipinski definition) is 5. The molecule has 1 amide bonds. The fourth-order valence-corrected chi connectivity index (χ4v) is 3.73. The maximum absolute atomic E-state index is 12.0. The summed E-state index contributed by atoms with van der Waals surface area (Å²) in [5.74, 6) is 0.940. The standard InChI is InChI=1S/C19H31N5O/c1-22-8-4-17(5-9-22)16-24-13-11-23(12-14-24)10-6-19(25)21-18-3-2-7-20-15-18/h2-3,7,15,17H,4-6,8-14,16H2,1H3,(H,21,25). The Balaban J connectivity index is 1.30. The molecule has 2 fully saturated rings. The van der Waals surface area contributed by atoms with Gasteiger partial charge in [-0.05, 0) is 51.0 Å². The zero-order valence-corrected chi connectivity index (χ0v) is 15.4. The molecule has 2 saturated heterocycles. The third kappa shape index (κ3) is 6.06. The lowest BCUT2D eigenvalue weighted by Crippen LogP contribution is -2.49. The number of rotatable bonds is 6. The lowest BCUT2D eigenvalue weighted by atomic mass is 9.96. The highest BCUT2D eigenvalue weighted by Crippen LogP contribution is 2.18. The first kappa shape index (κ1) is 18.3. The van der Waals surface area contributed by atoms with Gasteiger partial charge in [0.15, 0.2) is 0 Å². The molecule has 0 unspecified atom stereocenters. The first-order valence-electron chi connectivity index (χ1n) is 9.52. The Morgan fingerprint density at radius 1 is 1.16 bits per heavy atom. The van der Waals surface area contributed by atoms with Crippen molar-refractivity contribution in [3.05, 3.63) is 24.5 Å². The number of hydrogen-bond donors (Lipinski definition) is 1. The molecule has 1 N–H and O–H groups in total. The van der Waals surface area contributed by atoms with Crippen molar-refractivity contribution in [2.24, 2.45) is 5.92 Å². The van der Waals surface area contributed by atoms with Crippen LogP contribution >= 0.6 is 0 Å². The van der Waals surface area contributed by atoms with Gasteiger partial charge in [-0.25, -0.2) is 0 Å². The van der Waals surface area contributed by atoms with Crippen LogP contribution in [0.2, 0.25) is 0 Å². The Morgan fingerprint density at radius 3 is 2.56 bits per heavy atom. The van der Waals surface area contributed by atoms with Crippen LogP contribution in [-0.2, 0) is 4.79 Å². The summed E-state index contributed by atoms with van der Waals surface area (Å²) in [5, 5.41) is 2.91. The highest BCUT2D eigenvalue weighted by Gasteiger charge is 2.22. The summed E-state index contributed by atoms with van der Waals surface area (Å²) in [6.07, 6.45) is 6.61. The Hall–Kier alpha value is -1.50. The summed E-state index contributed by atoms with van der Waals surface area (Å²) in [6, 6.07) is 3.70. The van der Waals surface area contributed by atoms with E-state index in [1.807, 2.05) is 12.1 Å². The van der Waals surface area contributed by atoms with Gasteiger partial charge in [-0.15, -0.1) is 0 Å². The average Bonchev–Trinajstić information content (AvgIpc) is 2.64. The first-order chi connectivity index (χ1) is 12.2. The number of carbonyl (C=O) groups is 1. The zero-order chi connectivity index (χ0) is 17.5. The van der Waals surface area contributed by atoms with E-state index < -0.39 is 0 Å². The van der Waals surface area contributed by atoms with E-state index in [2.05, 4.69) is 32.0 Å². The number of aromatic nitrogens is 1. The molecule has 0 saturated carbocycles. The highest BCUT2D eigenvalue weighted by atomic mass is 16.1. The molecule has 2 aliphatic heterocycles. The van der Waals surface area contributed by atoms with Crippen molar-refractivity contribution in [3.8, 4) is 0 Å². The summed E-state index contributed by atoms with van der Waals surface area (Å²) in [7, 11) is 2.22. The van der Waals surface area contributed by atoms with Gasteiger partial charge < -0.3 is 20.0 Å². The molecule has 25 heavy (non-hydrogen) atoms. The van der Waals surface area contributed by atoms with Gasteiger partial charge in [-0.3, -0.25) is 9.78 Å². The molecule has 3 rings (SSSR count). The number of nitrogens with one attached hydrogen (secondary N) is 1. The van der Waals surface area contributed by atoms with Gasteiger partial charge in [0.05, 0.1) is 11.9 Å². The second-order valence-corrected chi connectivity index (χ2v) is 7.43. The minimum absolute atomic E-state index is 0.0711. The van der Waals surface area contributed by atoms with Crippen LogP contribution in [0.1, 0.15) is 19.3 Å². The molecule has 6 nitrogen and oxygen atoms in total. The van der Waals surface area contributed by atoms with Crippen LogP contribution in [-0.4, -0.2) is 85.0 Å². The van der Waals surface area contributed by atoms with Crippen LogP contribution in [0.15, 0.2) is 24.5 Å². The summed E-state index contributed by atoms with van der Waals surface area (Å²) in [6.45, 7) is 9.01. The van der Waals surface area contributed by atoms with E-state index in [0.717, 1.165) is 44.3 Å². The predicted octanol–water partition coefficient (Wildman–Crippen LogP) is 1.37. The van der Waals surface area contributed by atoms with E-state index in [9.17, 15) is 4.79 Å². The van der Waals surface area contributed by atoms with Crippen molar-refractivity contribution in [3.63, 3.8) is 0 Å². The molecule has 0 aromatic carbocycles. The van der Waals surface area contributed by atoms with Crippen LogP contribution in [0.3, 0.4) is 0 Å². The van der Waals surface area contributed by atoms with Gasteiger partial charge in [-0.2, -0.15) is 0 Å². The van der Waals surface area contributed by atoms with E-state index in [4.69, 9.17) is 0 Å². The molecule has 2 aliphatic rings. The second-order valence-electron chi connectivity index (χ2n) is 7.43. The number of piperidine rings is 1. The third-order valence-corrected chi connectivity index (χ3v) is 5.42. The van der Waals surface area contributed by atoms with Gasteiger partial charge in [0.2, 0.25) is 5.91 Å². The zero-order valence-electron chi connectivity index (χ0n) is 15.4. The molecular weight excluding hydrogens is 314 g/mol. The van der Waals surface area contributed by atoms with Crippen LogP contribution in [0.25, 0.3) is 0 Å². The third-order valence-electron chi connectivity index (χ3n) is 5.42. The summed E-state index contributed by atoms with van der Waals surface area (Å²) < 4.78 is 0. The molecule has 0 spiro atoms. The fraction of sp³-hybridized carbons (Fsp3) is 0.684. The molecule has 3 heterocycles. The molecule has 0 atom stereocenters. The van der Waals surface area contributed by atoms with E-state index in [0.29, 0.717) is 6.42 Å². The van der Waals surface area contributed by atoms with Gasteiger partial charge in [-0.1, -0.05) is 0 Å². The summed E-state index contributed by atoms with van der Waals surface area (Å²) in [5.41, 5.74) is 0.774. The highest BCUT2D eigenvalue weighted by molar-refractivity contribution is 5.90. The number of carbonyl (C=O) groups excluding carboxylic acids is 1. The molecule has 1 aromatic heterocycles. The van der Waals surface area contributed by atoms with Crippen molar-refractivity contribution in [2.45, 2.75) is 19.3 Å². The van der Waals surface area contributed by atoms with Crippen LogP contribution < -0.4 is 5.32 Å². The van der Waals surface area contributed by atoms with Gasteiger partial charge in [0.25, 0.3) is 0 Å². The number of likely N-dealkylation sites (tertiary alicyclic amines) is 1. The lowest BCUT2D eigenvalue weighted by Gasteiger charge is -2.38. The van der Waals surface area contributed by atoms with Gasteiger partial charge >= 0.3 is 0 Å². The topological polar surface area (TPSA) is 51.7 Å². The average molecular weight is 345 g/mol. The Morgan fingerprint density at radius 2 is 1.88 bits per heavy atom. The first-order valence-corrected chi connectivity index (χ1v) is 9.52. The Kier molecular flexibility index (Phi) is 6.78. The Bertz CT molecular complexity index is 522. The monoisotopic (exact) mass is 345 g/mol. The van der Waals surface area contributed by atoms with Crippen molar-refractivity contribution in [1.82, 2.24) is 19.7 Å². The number of nitrogens with zero attached hydrogens (tertiary/aromatic N) is 4. The molecule has 0 radical (unpaired) electrons. The van der Waals surface area contributed by atoms with Crippen LogP contribution in [0.4, 0.5) is 5.69 Å². The van der Waals surface area contributed by atoms with Crippen molar-refractivity contribution in [2.75, 3.05) is 64.7 Å². The maximum atomic E-state index is 12.0. The number of anilines is 1. The van der Waals surface area contributed by atoms with Crippen molar-refractivity contribution < 1.29 is 4.79 Å².